The van der Waals surface area contributed by atoms with Crippen LogP contribution in [-0.4, -0.2) is 67.2 Å². The lowest BCUT2D eigenvalue weighted by Gasteiger charge is -2.37. The Hall–Kier alpha value is -4.33. The molecule has 2 aromatic rings. The minimum Gasteiger partial charge on any atom is -0.465 e. The fourth-order valence-electron chi connectivity index (χ4n) is 4.55. The average Bonchev–Trinajstić information content (AvgIpc) is 3.30. The van der Waals surface area contributed by atoms with Gasteiger partial charge in [0.05, 0.1) is 43.4 Å². The highest BCUT2D eigenvalue weighted by Crippen LogP contribution is 2.37. The summed E-state index contributed by atoms with van der Waals surface area (Å²) < 4.78 is 50.5. The monoisotopic (exact) mass is 610 g/mol. The zero-order valence-corrected chi connectivity index (χ0v) is 23.2. The predicted molar refractivity (Wildman–Crippen MR) is 143 cm³/mol. The normalized spacial score (nSPS) is 19.2. The van der Waals surface area contributed by atoms with E-state index < -0.39 is 59.3 Å². The Kier molecular flexibility index (Phi) is 8.95. The Bertz CT molecular complexity index is 1400. The summed E-state index contributed by atoms with van der Waals surface area (Å²) in [6.07, 6.45) is -5.97. The van der Waals surface area contributed by atoms with Crippen molar-refractivity contribution >= 4 is 52.9 Å². The van der Waals surface area contributed by atoms with Gasteiger partial charge in [-0.25, -0.2) is 9.59 Å². The summed E-state index contributed by atoms with van der Waals surface area (Å²) >= 11 is 6.01. The molecule has 1 unspecified atom stereocenters. The van der Waals surface area contributed by atoms with E-state index in [2.05, 4.69) is 5.32 Å². The lowest BCUT2D eigenvalue weighted by molar-refractivity contribution is -0.154. The predicted octanol–water partition coefficient (Wildman–Crippen LogP) is 3.97. The number of esters is 1. The van der Waals surface area contributed by atoms with E-state index in [1.54, 1.807) is 0 Å². The van der Waals surface area contributed by atoms with E-state index in [1.165, 1.54) is 49.1 Å². The number of carbonyl (C=O) groups excluding carboxylic acids is 5. The van der Waals surface area contributed by atoms with E-state index in [9.17, 15) is 37.1 Å². The van der Waals surface area contributed by atoms with E-state index in [0.717, 1.165) is 17.0 Å². The maximum atomic E-state index is 13.5. The van der Waals surface area contributed by atoms with Gasteiger partial charge in [-0.1, -0.05) is 23.7 Å². The van der Waals surface area contributed by atoms with E-state index >= 15 is 0 Å². The Labute approximate surface area is 243 Å². The third-order valence-corrected chi connectivity index (χ3v) is 7.05. The van der Waals surface area contributed by atoms with Crippen molar-refractivity contribution in [2.45, 2.75) is 32.7 Å². The molecule has 2 aliphatic heterocycles. The first-order valence-electron chi connectivity index (χ1n) is 12.8. The molecule has 2 heterocycles. The lowest BCUT2D eigenvalue weighted by atomic mass is 10.0. The molecule has 0 aromatic heterocycles. The summed E-state index contributed by atoms with van der Waals surface area (Å²) in [7, 11) is 0. The van der Waals surface area contributed by atoms with Crippen molar-refractivity contribution in [1.82, 2.24) is 10.2 Å². The van der Waals surface area contributed by atoms with Crippen LogP contribution in [0.2, 0.25) is 5.02 Å². The second kappa shape index (κ2) is 12.3. The number of rotatable bonds is 8. The van der Waals surface area contributed by atoms with Gasteiger partial charge in [0.2, 0.25) is 11.8 Å². The molecule has 2 fully saturated rings. The fourth-order valence-corrected chi connectivity index (χ4v) is 4.84. The highest BCUT2D eigenvalue weighted by atomic mass is 35.5. The quantitative estimate of drug-likeness (QED) is 0.354. The highest BCUT2D eigenvalue weighted by molar-refractivity contribution is 6.32. The average molecular weight is 611 g/mol. The number of alkyl halides is 3. The number of hydrogen-bond acceptors (Lipinski definition) is 7. The van der Waals surface area contributed by atoms with Crippen molar-refractivity contribution in [1.29, 1.82) is 0 Å². The van der Waals surface area contributed by atoms with E-state index in [0.29, 0.717) is 10.6 Å². The molecule has 1 N–H and O–H groups in total. The van der Waals surface area contributed by atoms with Gasteiger partial charge in [-0.2, -0.15) is 13.2 Å². The number of cyclic esters (lactones) is 1. The summed E-state index contributed by atoms with van der Waals surface area (Å²) in [4.78, 5) is 66.1. The molecule has 5 amide bonds. The van der Waals surface area contributed by atoms with Crippen molar-refractivity contribution in [3.05, 3.63) is 58.6 Å². The Morgan fingerprint density at radius 3 is 2.29 bits per heavy atom. The van der Waals surface area contributed by atoms with Gasteiger partial charge in [-0.15, -0.1) is 0 Å². The zero-order valence-electron chi connectivity index (χ0n) is 22.4. The van der Waals surface area contributed by atoms with Gasteiger partial charge in [-0.05, 0) is 42.8 Å². The van der Waals surface area contributed by atoms with Crippen LogP contribution in [0.3, 0.4) is 0 Å². The largest absolute Gasteiger partial charge is 0.465 e. The maximum Gasteiger partial charge on any atom is 0.417 e. The van der Waals surface area contributed by atoms with Crippen LogP contribution in [0.4, 0.5) is 34.1 Å². The van der Waals surface area contributed by atoms with Crippen molar-refractivity contribution < 1.29 is 46.6 Å². The molecule has 0 radical (unpaired) electrons. The van der Waals surface area contributed by atoms with Crippen LogP contribution < -0.4 is 15.1 Å². The highest BCUT2D eigenvalue weighted by Gasteiger charge is 2.45. The second-order valence-electron chi connectivity index (χ2n) is 9.47. The molecule has 11 nitrogen and oxygen atoms in total. The van der Waals surface area contributed by atoms with Gasteiger partial charge >= 0.3 is 24.3 Å². The number of carbonyl (C=O) groups is 5. The SMILES string of the molecule is CCOC(=O)C1CN(c2ccc(N3C[C@H](CNC(C)=O)OC3=O)cc2)C(=O)N(Cc2cccc(C(F)(F)F)c2Cl)C1=O. The van der Waals surface area contributed by atoms with Crippen LogP contribution in [0.25, 0.3) is 0 Å². The molecule has 42 heavy (non-hydrogen) atoms. The first-order valence-corrected chi connectivity index (χ1v) is 13.2. The van der Waals surface area contributed by atoms with E-state index in [-0.39, 0.29) is 43.4 Å². The van der Waals surface area contributed by atoms with Gasteiger partial charge < -0.3 is 14.8 Å². The maximum absolute atomic E-state index is 13.5. The molecule has 0 bridgehead atoms. The fraction of sp³-hybridized carbons (Fsp3) is 0.370. The van der Waals surface area contributed by atoms with Crippen LogP contribution in [0.5, 0.6) is 0 Å². The standard InChI is InChI=1S/C27H26ClF3N4O7/c1-3-41-24(38)20-14-33(17-7-9-18(10-8-17)34-13-19(42-26(34)40)11-32-15(2)36)25(39)35(23(20)37)12-16-5-4-6-21(22(16)28)27(29,30)31/h4-10,19-20H,3,11-14H2,1-2H3,(H,32,36)/t19-,20?/m0/s1. The van der Waals surface area contributed by atoms with Crippen molar-refractivity contribution in [3.63, 3.8) is 0 Å². The summed E-state index contributed by atoms with van der Waals surface area (Å²) in [5.74, 6) is -3.56. The van der Waals surface area contributed by atoms with E-state index in [4.69, 9.17) is 21.1 Å². The Morgan fingerprint density at radius 2 is 1.69 bits per heavy atom. The first kappa shape index (κ1) is 30.6. The number of benzene rings is 2. The molecule has 2 atom stereocenters. The Balaban J connectivity index is 1.60. The van der Waals surface area contributed by atoms with Gasteiger partial charge in [0, 0.05) is 18.3 Å². The molecular weight excluding hydrogens is 585 g/mol. The molecule has 2 saturated heterocycles. The van der Waals surface area contributed by atoms with Crippen LogP contribution in [0, 0.1) is 5.92 Å². The Morgan fingerprint density at radius 1 is 1.05 bits per heavy atom. The summed E-state index contributed by atoms with van der Waals surface area (Å²) in [6, 6.07) is 8.25. The van der Waals surface area contributed by atoms with Crippen LogP contribution in [0.15, 0.2) is 42.5 Å². The number of anilines is 2. The number of nitrogens with zero attached hydrogens (tertiary/aromatic N) is 3. The van der Waals surface area contributed by atoms with Gasteiger partial charge in [0.1, 0.15) is 6.10 Å². The number of halogens is 4. The van der Waals surface area contributed by atoms with Crippen molar-refractivity contribution in [2.75, 3.05) is 36.0 Å². The van der Waals surface area contributed by atoms with Crippen molar-refractivity contribution in [2.24, 2.45) is 5.92 Å². The van der Waals surface area contributed by atoms with Gasteiger partial charge in [-0.3, -0.25) is 29.1 Å². The third-order valence-electron chi connectivity index (χ3n) is 6.60. The number of hydrogen-bond donors (Lipinski definition) is 1. The number of urea groups is 1. The summed E-state index contributed by atoms with van der Waals surface area (Å²) in [5.41, 5.74) is -0.612. The minimum absolute atomic E-state index is 0.0421. The molecule has 2 aromatic carbocycles. The second-order valence-corrected chi connectivity index (χ2v) is 9.85. The summed E-state index contributed by atoms with van der Waals surface area (Å²) in [5, 5.41) is 1.91. The van der Waals surface area contributed by atoms with Crippen LogP contribution in [-0.2, 0) is 36.6 Å². The number of ether oxygens (including phenoxy) is 2. The third kappa shape index (κ3) is 6.43. The molecule has 0 saturated carbocycles. The molecular formula is C27H26ClF3N4O7. The molecule has 15 heteroatoms. The molecule has 224 valence electrons. The lowest BCUT2D eigenvalue weighted by Crippen LogP contribution is -2.58. The topological polar surface area (TPSA) is 126 Å². The number of nitrogens with one attached hydrogen (secondary N) is 1. The summed E-state index contributed by atoms with van der Waals surface area (Å²) in [6.45, 7) is 2.12. The number of imide groups is 1. The minimum atomic E-state index is -4.77. The zero-order chi connectivity index (χ0) is 30.8. The first-order chi connectivity index (χ1) is 19.8. The molecule has 4 rings (SSSR count). The number of amides is 5. The van der Waals surface area contributed by atoms with Crippen molar-refractivity contribution in [3.8, 4) is 0 Å². The van der Waals surface area contributed by atoms with Gasteiger partial charge in [0.25, 0.3) is 0 Å². The van der Waals surface area contributed by atoms with Crippen LogP contribution in [0.1, 0.15) is 25.0 Å². The van der Waals surface area contributed by atoms with Crippen LogP contribution >= 0.6 is 11.6 Å². The smallest absolute Gasteiger partial charge is 0.417 e. The van der Waals surface area contributed by atoms with E-state index in [1.807, 2.05) is 0 Å². The molecule has 0 spiro atoms. The molecule has 0 aliphatic carbocycles. The van der Waals surface area contributed by atoms with Gasteiger partial charge in [0.15, 0.2) is 5.92 Å². The molecule has 2 aliphatic rings.